The molecule has 0 spiro atoms. The number of amides is 1. The maximum Gasteiger partial charge on any atom is 0.265 e. The highest BCUT2D eigenvalue weighted by Gasteiger charge is 2.15. The number of anilines is 1. The molecule has 0 saturated heterocycles. The van der Waals surface area contributed by atoms with Crippen molar-refractivity contribution in [3.05, 3.63) is 54.1 Å². The zero-order valence-electron chi connectivity index (χ0n) is 16.1. The second-order valence-electron chi connectivity index (χ2n) is 6.80. The lowest BCUT2D eigenvalue weighted by molar-refractivity contribution is -0.122. The van der Waals surface area contributed by atoms with Crippen molar-refractivity contribution in [3.8, 4) is 11.5 Å². The quantitative estimate of drug-likeness (QED) is 0.682. The molecule has 0 aliphatic carbocycles. The molecule has 0 unspecified atom stereocenters. The Hall–Kier alpha value is -2.49. The molecular formula is C22H29NO3. The molecule has 0 heterocycles. The van der Waals surface area contributed by atoms with Crippen molar-refractivity contribution in [3.63, 3.8) is 0 Å². The summed E-state index contributed by atoms with van der Waals surface area (Å²) in [6, 6.07) is 15.2. The van der Waals surface area contributed by atoms with Crippen molar-refractivity contribution in [2.24, 2.45) is 5.92 Å². The highest BCUT2D eigenvalue weighted by molar-refractivity contribution is 5.94. The van der Waals surface area contributed by atoms with E-state index in [1.165, 1.54) is 5.56 Å². The third-order valence-electron chi connectivity index (χ3n) is 4.10. The van der Waals surface area contributed by atoms with Gasteiger partial charge in [0.05, 0.1) is 6.61 Å². The Morgan fingerprint density at radius 2 is 1.58 bits per heavy atom. The van der Waals surface area contributed by atoms with E-state index in [9.17, 15) is 4.79 Å². The Morgan fingerprint density at radius 1 is 0.962 bits per heavy atom. The maximum absolute atomic E-state index is 12.3. The van der Waals surface area contributed by atoms with E-state index in [1.54, 1.807) is 6.92 Å². The summed E-state index contributed by atoms with van der Waals surface area (Å²) in [4.78, 5) is 12.3. The molecule has 0 aromatic heterocycles. The molecule has 4 nitrogen and oxygen atoms in total. The predicted molar refractivity (Wildman–Crippen MR) is 106 cm³/mol. The standard InChI is InChI=1S/C22H29NO3/c1-5-18-6-10-21(11-7-18)26-17(4)22(24)23-19-8-12-20(13-9-19)25-15-14-16(2)3/h6-13,16-17H,5,14-15H2,1-4H3,(H,23,24)/t17-/m0/s1. The second-order valence-corrected chi connectivity index (χ2v) is 6.80. The fourth-order valence-electron chi connectivity index (χ4n) is 2.35. The number of hydrogen-bond acceptors (Lipinski definition) is 3. The van der Waals surface area contributed by atoms with Gasteiger partial charge in [-0.1, -0.05) is 32.9 Å². The van der Waals surface area contributed by atoms with Crippen LogP contribution in [0.1, 0.15) is 39.7 Å². The largest absolute Gasteiger partial charge is 0.494 e. The van der Waals surface area contributed by atoms with Gasteiger partial charge in [0, 0.05) is 5.69 Å². The lowest BCUT2D eigenvalue weighted by atomic mass is 10.1. The van der Waals surface area contributed by atoms with E-state index in [1.807, 2.05) is 48.5 Å². The van der Waals surface area contributed by atoms with Crippen LogP contribution in [-0.4, -0.2) is 18.6 Å². The Bertz CT molecular complexity index is 678. The number of carbonyl (C=O) groups excluding carboxylic acids is 1. The summed E-state index contributed by atoms with van der Waals surface area (Å²) in [6.07, 6.45) is 1.42. The van der Waals surface area contributed by atoms with E-state index in [0.29, 0.717) is 18.3 Å². The van der Waals surface area contributed by atoms with E-state index in [0.717, 1.165) is 24.3 Å². The molecule has 2 aromatic rings. The number of rotatable bonds is 9. The van der Waals surface area contributed by atoms with Crippen molar-refractivity contribution in [1.29, 1.82) is 0 Å². The molecule has 1 N–H and O–H groups in total. The molecule has 0 saturated carbocycles. The van der Waals surface area contributed by atoms with Crippen LogP contribution in [0.5, 0.6) is 11.5 Å². The van der Waals surface area contributed by atoms with Gasteiger partial charge < -0.3 is 14.8 Å². The van der Waals surface area contributed by atoms with Gasteiger partial charge >= 0.3 is 0 Å². The summed E-state index contributed by atoms with van der Waals surface area (Å²) in [5.41, 5.74) is 1.97. The fraction of sp³-hybridized carbons (Fsp3) is 0.409. The van der Waals surface area contributed by atoms with Gasteiger partial charge in [0.15, 0.2) is 6.10 Å². The number of nitrogens with one attached hydrogen (secondary N) is 1. The fourth-order valence-corrected chi connectivity index (χ4v) is 2.35. The highest BCUT2D eigenvalue weighted by atomic mass is 16.5. The monoisotopic (exact) mass is 355 g/mol. The van der Waals surface area contributed by atoms with Gasteiger partial charge in [-0.3, -0.25) is 4.79 Å². The average Bonchev–Trinajstić information content (AvgIpc) is 2.63. The molecule has 4 heteroatoms. The zero-order valence-corrected chi connectivity index (χ0v) is 16.1. The molecule has 0 fully saturated rings. The first-order valence-corrected chi connectivity index (χ1v) is 9.27. The third kappa shape index (κ3) is 6.43. The summed E-state index contributed by atoms with van der Waals surface area (Å²) >= 11 is 0. The van der Waals surface area contributed by atoms with Crippen molar-refractivity contribution >= 4 is 11.6 Å². The molecule has 0 aliphatic heterocycles. The number of hydrogen-bond donors (Lipinski definition) is 1. The molecular weight excluding hydrogens is 326 g/mol. The van der Waals surface area contributed by atoms with Crippen LogP contribution in [0.25, 0.3) is 0 Å². The van der Waals surface area contributed by atoms with Crippen LogP contribution in [0.3, 0.4) is 0 Å². The first kappa shape index (κ1) is 19.8. The summed E-state index contributed by atoms with van der Waals surface area (Å²) in [5, 5.41) is 2.87. The van der Waals surface area contributed by atoms with Crippen LogP contribution < -0.4 is 14.8 Å². The molecule has 26 heavy (non-hydrogen) atoms. The van der Waals surface area contributed by atoms with Crippen LogP contribution in [-0.2, 0) is 11.2 Å². The molecule has 2 aromatic carbocycles. The van der Waals surface area contributed by atoms with E-state index in [-0.39, 0.29) is 5.91 Å². The van der Waals surface area contributed by atoms with Crippen LogP contribution in [0.4, 0.5) is 5.69 Å². The summed E-state index contributed by atoms with van der Waals surface area (Å²) in [5.74, 6) is 1.94. The van der Waals surface area contributed by atoms with Crippen LogP contribution in [0.15, 0.2) is 48.5 Å². The normalized spacial score (nSPS) is 11.9. The van der Waals surface area contributed by atoms with E-state index < -0.39 is 6.10 Å². The van der Waals surface area contributed by atoms with Crippen molar-refractivity contribution < 1.29 is 14.3 Å². The minimum Gasteiger partial charge on any atom is -0.494 e. The summed E-state index contributed by atoms with van der Waals surface area (Å²) < 4.78 is 11.4. The van der Waals surface area contributed by atoms with Crippen LogP contribution in [0.2, 0.25) is 0 Å². The zero-order chi connectivity index (χ0) is 18.9. The Balaban J connectivity index is 1.83. The van der Waals surface area contributed by atoms with E-state index in [4.69, 9.17) is 9.47 Å². The van der Waals surface area contributed by atoms with Crippen molar-refractivity contribution in [1.82, 2.24) is 0 Å². The molecule has 1 atom stereocenters. The summed E-state index contributed by atoms with van der Waals surface area (Å²) in [6.45, 7) is 8.89. The lowest BCUT2D eigenvalue weighted by Gasteiger charge is -2.15. The van der Waals surface area contributed by atoms with Gasteiger partial charge in [-0.2, -0.15) is 0 Å². The minimum atomic E-state index is -0.579. The first-order valence-electron chi connectivity index (χ1n) is 9.27. The molecule has 0 radical (unpaired) electrons. The second kappa shape index (κ2) is 9.85. The molecule has 2 rings (SSSR count). The number of ether oxygens (including phenoxy) is 2. The Morgan fingerprint density at radius 3 is 2.15 bits per heavy atom. The van der Waals surface area contributed by atoms with Gasteiger partial charge in [0.1, 0.15) is 11.5 Å². The number of carbonyl (C=O) groups is 1. The van der Waals surface area contributed by atoms with Gasteiger partial charge in [-0.25, -0.2) is 0 Å². The minimum absolute atomic E-state index is 0.182. The maximum atomic E-state index is 12.3. The van der Waals surface area contributed by atoms with Gasteiger partial charge in [0.25, 0.3) is 5.91 Å². The van der Waals surface area contributed by atoms with Crippen molar-refractivity contribution in [2.75, 3.05) is 11.9 Å². The highest BCUT2D eigenvalue weighted by Crippen LogP contribution is 2.18. The van der Waals surface area contributed by atoms with Crippen LogP contribution >= 0.6 is 0 Å². The smallest absolute Gasteiger partial charge is 0.265 e. The van der Waals surface area contributed by atoms with E-state index in [2.05, 4.69) is 26.1 Å². The van der Waals surface area contributed by atoms with E-state index >= 15 is 0 Å². The average molecular weight is 355 g/mol. The van der Waals surface area contributed by atoms with Gasteiger partial charge in [-0.15, -0.1) is 0 Å². The van der Waals surface area contributed by atoms with Crippen molar-refractivity contribution in [2.45, 2.75) is 46.6 Å². The predicted octanol–water partition coefficient (Wildman–Crippen LogP) is 5.08. The summed E-state index contributed by atoms with van der Waals surface area (Å²) in [7, 11) is 0. The van der Waals surface area contributed by atoms with Crippen LogP contribution in [0, 0.1) is 5.92 Å². The lowest BCUT2D eigenvalue weighted by Crippen LogP contribution is -2.30. The molecule has 0 aliphatic rings. The third-order valence-corrected chi connectivity index (χ3v) is 4.10. The Labute approximate surface area is 156 Å². The molecule has 0 bridgehead atoms. The number of benzene rings is 2. The van der Waals surface area contributed by atoms with Gasteiger partial charge in [0.2, 0.25) is 0 Å². The molecule has 1 amide bonds. The molecule has 140 valence electrons. The Kier molecular flexibility index (Phi) is 7.52. The topological polar surface area (TPSA) is 47.6 Å². The number of aryl methyl sites for hydroxylation is 1. The SMILES string of the molecule is CCc1ccc(O[C@@H](C)C(=O)Nc2ccc(OCCC(C)C)cc2)cc1. The first-order chi connectivity index (χ1) is 12.5. The van der Waals surface area contributed by atoms with Gasteiger partial charge in [-0.05, 0) is 67.6 Å².